The van der Waals surface area contributed by atoms with Crippen molar-refractivity contribution in [3.05, 3.63) is 23.3 Å². The Morgan fingerprint density at radius 2 is 2.19 bits per heavy atom. The fraction of sp³-hybridized carbons (Fsp3) is 0.182. The average molecular weight is 240 g/mol. The first-order chi connectivity index (χ1) is 7.61. The largest absolute Gasteiger partial charge is 0.497 e. The molecule has 0 atom stereocenters. The van der Waals surface area contributed by atoms with Crippen molar-refractivity contribution in [1.82, 2.24) is 0 Å². The molecule has 5 heteroatoms. The number of benzene rings is 1. The van der Waals surface area contributed by atoms with Crippen molar-refractivity contribution in [1.29, 1.82) is 0 Å². The summed E-state index contributed by atoms with van der Waals surface area (Å²) in [5.74, 6) is -0.212. The molecule has 1 aromatic heterocycles. The van der Waals surface area contributed by atoms with E-state index in [1.54, 1.807) is 11.4 Å². The molecule has 0 spiro atoms. The van der Waals surface area contributed by atoms with Gasteiger partial charge in [0.25, 0.3) is 0 Å². The minimum absolute atomic E-state index is 0.257. The van der Waals surface area contributed by atoms with Gasteiger partial charge in [-0.15, -0.1) is 11.3 Å². The second-order valence-corrected chi connectivity index (χ2v) is 4.09. The lowest BCUT2D eigenvalue weighted by atomic mass is 10.2. The lowest BCUT2D eigenvalue weighted by Crippen LogP contribution is -2.00. The highest BCUT2D eigenvalue weighted by Crippen LogP contribution is 2.36. The summed E-state index contributed by atoms with van der Waals surface area (Å²) in [5, 5.41) is 1.93. The van der Waals surface area contributed by atoms with Crippen LogP contribution in [0.1, 0.15) is 6.92 Å². The van der Waals surface area contributed by atoms with E-state index in [4.69, 9.17) is 9.47 Å². The number of fused-ring (bicyclic) bond motifs is 1. The number of rotatable bonds is 2. The van der Waals surface area contributed by atoms with Gasteiger partial charge in [0.05, 0.1) is 12.5 Å². The lowest BCUT2D eigenvalue weighted by molar-refractivity contribution is -0.131. The van der Waals surface area contributed by atoms with E-state index in [0.717, 1.165) is 0 Å². The molecule has 2 rings (SSSR count). The van der Waals surface area contributed by atoms with Crippen molar-refractivity contribution in [3.63, 3.8) is 0 Å². The molecule has 0 aliphatic heterocycles. The number of methoxy groups -OCH3 is 1. The van der Waals surface area contributed by atoms with E-state index >= 15 is 0 Å². The Bertz CT molecular complexity index is 547. The van der Waals surface area contributed by atoms with E-state index in [1.165, 1.54) is 31.4 Å². The smallest absolute Gasteiger partial charge is 0.308 e. The molecule has 0 unspecified atom stereocenters. The molecule has 0 aliphatic carbocycles. The van der Waals surface area contributed by atoms with Crippen LogP contribution in [0.2, 0.25) is 0 Å². The van der Waals surface area contributed by atoms with E-state index in [2.05, 4.69) is 0 Å². The zero-order valence-electron chi connectivity index (χ0n) is 8.74. The molecule has 0 N–H and O–H groups in total. The first kappa shape index (κ1) is 10.9. The molecule has 0 aliphatic rings. The summed E-state index contributed by atoms with van der Waals surface area (Å²) in [6.45, 7) is 1.28. The number of carbonyl (C=O) groups excluding carboxylic acids is 1. The predicted molar refractivity (Wildman–Crippen MR) is 59.6 cm³/mol. The Kier molecular flexibility index (Phi) is 2.78. The second kappa shape index (κ2) is 4.09. The topological polar surface area (TPSA) is 35.5 Å². The van der Waals surface area contributed by atoms with Crippen LogP contribution in [0.3, 0.4) is 0 Å². The first-order valence-electron chi connectivity index (χ1n) is 4.55. The fourth-order valence-electron chi connectivity index (χ4n) is 1.41. The quantitative estimate of drug-likeness (QED) is 0.757. The van der Waals surface area contributed by atoms with Gasteiger partial charge in [-0.1, -0.05) is 0 Å². The predicted octanol–water partition coefficient (Wildman–Crippen LogP) is 2.97. The third-order valence-electron chi connectivity index (χ3n) is 2.06. The zero-order chi connectivity index (χ0) is 11.7. The Balaban J connectivity index is 2.59. The van der Waals surface area contributed by atoms with E-state index < -0.39 is 11.8 Å². The summed E-state index contributed by atoms with van der Waals surface area (Å²) in [6, 6.07) is 2.97. The summed E-state index contributed by atoms with van der Waals surface area (Å²) in [6.07, 6.45) is 0. The molecule has 2 aromatic rings. The molecule has 0 fully saturated rings. The maximum Gasteiger partial charge on any atom is 0.308 e. The number of thiophene rings is 1. The van der Waals surface area contributed by atoms with Gasteiger partial charge >= 0.3 is 5.97 Å². The Morgan fingerprint density at radius 1 is 1.44 bits per heavy atom. The molecule has 0 amide bonds. The van der Waals surface area contributed by atoms with Crippen LogP contribution in [0.4, 0.5) is 4.39 Å². The molecular formula is C11H9FO3S. The van der Waals surface area contributed by atoms with Crippen molar-refractivity contribution >= 4 is 27.4 Å². The Hall–Kier alpha value is -1.62. The molecule has 1 aromatic carbocycles. The minimum Gasteiger partial charge on any atom is -0.497 e. The summed E-state index contributed by atoms with van der Waals surface area (Å²) >= 11 is 1.30. The summed E-state index contributed by atoms with van der Waals surface area (Å²) in [5.41, 5.74) is 0. The molecule has 3 nitrogen and oxygen atoms in total. The van der Waals surface area contributed by atoms with Gasteiger partial charge in [0, 0.05) is 23.1 Å². The van der Waals surface area contributed by atoms with Gasteiger partial charge in [-0.2, -0.15) is 0 Å². The van der Waals surface area contributed by atoms with Gasteiger partial charge in [-0.3, -0.25) is 4.79 Å². The van der Waals surface area contributed by atoms with Gasteiger partial charge in [-0.25, -0.2) is 4.39 Å². The third kappa shape index (κ3) is 1.86. The molecule has 84 valence electrons. The normalized spacial score (nSPS) is 10.4. The number of carbonyl (C=O) groups is 1. The second-order valence-electron chi connectivity index (χ2n) is 3.18. The Labute approximate surface area is 95.4 Å². The molecule has 1 heterocycles. The van der Waals surface area contributed by atoms with Gasteiger partial charge in [-0.05, 0) is 6.07 Å². The monoisotopic (exact) mass is 240 g/mol. The highest BCUT2D eigenvalue weighted by Gasteiger charge is 2.13. The van der Waals surface area contributed by atoms with Gasteiger partial charge in [0.15, 0.2) is 5.75 Å². The van der Waals surface area contributed by atoms with E-state index in [0.29, 0.717) is 15.8 Å². The van der Waals surface area contributed by atoms with Crippen LogP contribution in [-0.2, 0) is 4.79 Å². The number of ether oxygens (including phenoxy) is 2. The third-order valence-corrected chi connectivity index (χ3v) is 2.96. The maximum absolute atomic E-state index is 13.7. The van der Waals surface area contributed by atoms with Crippen LogP contribution in [0, 0.1) is 5.82 Å². The van der Waals surface area contributed by atoms with Crippen LogP contribution >= 0.6 is 11.3 Å². The number of esters is 1. The molecule has 0 bridgehead atoms. The van der Waals surface area contributed by atoms with Crippen molar-refractivity contribution in [2.75, 3.05) is 7.11 Å². The minimum atomic E-state index is -0.463. The molecule has 0 saturated heterocycles. The highest BCUT2D eigenvalue weighted by molar-refractivity contribution is 7.17. The number of halogens is 1. The Morgan fingerprint density at radius 3 is 2.81 bits per heavy atom. The van der Waals surface area contributed by atoms with E-state index in [9.17, 15) is 9.18 Å². The van der Waals surface area contributed by atoms with Crippen LogP contribution in [0.15, 0.2) is 17.5 Å². The van der Waals surface area contributed by atoms with Gasteiger partial charge in [0.2, 0.25) is 0 Å². The van der Waals surface area contributed by atoms with Crippen LogP contribution < -0.4 is 9.47 Å². The SMILES string of the molecule is COc1cc(F)c2c(OC(C)=O)csc2c1. The lowest BCUT2D eigenvalue weighted by Gasteiger charge is -2.02. The highest BCUT2D eigenvalue weighted by atomic mass is 32.1. The molecular weight excluding hydrogens is 231 g/mol. The van der Waals surface area contributed by atoms with Crippen molar-refractivity contribution in [2.45, 2.75) is 6.92 Å². The van der Waals surface area contributed by atoms with Crippen molar-refractivity contribution in [3.8, 4) is 11.5 Å². The average Bonchev–Trinajstić information content (AvgIpc) is 2.60. The summed E-state index contributed by atoms with van der Waals surface area (Å²) in [4.78, 5) is 10.8. The standard InChI is InChI=1S/C11H9FO3S/c1-6(13)15-9-5-16-10-4-7(14-2)3-8(12)11(9)10/h3-5H,1-2H3. The number of hydrogen-bond donors (Lipinski definition) is 0. The fourth-order valence-corrected chi connectivity index (χ4v) is 2.31. The van der Waals surface area contributed by atoms with Crippen LogP contribution in [0.5, 0.6) is 11.5 Å². The molecule has 0 radical (unpaired) electrons. The zero-order valence-corrected chi connectivity index (χ0v) is 9.56. The summed E-state index contributed by atoms with van der Waals surface area (Å²) < 4.78 is 24.3. The van der Waals surface area contributed by atoms with Crippen LogP contribution in [0.25, 0.3) is 10.1 Å². The maximum atomic E-state index is 13.7. The van der Waals surface area contributed by atoms with E-state index in [-0.39, 0.29) is 5.75 Å². The van der Waals surface area contributed by atoms with Crippen molar-refractivity contribution < 1.29 is 18.7 Å². The summed E-state index contributed by atoms with van der Waals surface area (Å²) in [7, 11) is 1.47. The molecule has 16 heavy (non-hydrogen) atoms. The van der Waals surface area contributed by atoms with Gasteiger partial charge in [0.1, 0.15) is 11.6 Å². The number of hydrogen-bond acceptors (Lipinski definition) is 4. The van der Waals surface area contributed by atoms with Crippen molar-refractivity contribution in [2.24, 2.45) is 0 Å². The van der Waals surface area contributed by atoms with E-state index in [1.807, 2.05) is 0 Å². The van der Waals surface area contributed by atoms with Crippen LogP contribution in [-0.4, -0.2) is 13.1 Å². The molecule has 0 saturated carbocycles. The first-order valence-corrected chi connectivity index (χ1v) is 5.43. The van der Waals surface area contributed by atoms with Gasteiger partial charge < -0.3 is 9.47 Å².